The molecule has 1 aromatic rings. The van der Waals surface area contributed by atoms with Crippen molar-refractivity contribution in [3.63, 3.8) is 0 Å². The number of non-ortho nitro benzene ring substituents is 1. The van der Waals surface area contributed by atoms with Crippen LogP contribution in [0.15, 0.2) is 23.1 Å². The molecule has 0 radical (unpaired) electrons. The highest BCUT2D eigenvalue weighted by molar-refractivity contribution is 7.89. The van der Waals surface area contributed by atoms with Gasteiger partial charge in [-0.05, 0) is 31.7 Å². The van der Waals surface area contributed by atoms with Crippen LogP contribution >= 0.6 is 0 Å². The van der Waals surface area contributed by atoms with Crippen molar-refractivity contribution in [3.05, 3.63) is 28.3 Å². The molecular weight excluding hydrogens is 284 g/mol. The third kappa shape index (κ3) is 3.45. The van der Waals surface area contributed by atoms with Crippen LogP contribution in [-0.4, -0.2) is 19.4 Å². The van der Waals surface area contributed by atoms with Crippen LogP contribution < -0.4 is 9.88 Å². The highest BCUT2D eigenvalue weighted by atomic mass is 32.2. The van der Waals surface area contributed by atoms with Gasteiger partial charge in [-0.2, -0.15) is 0 Å². The van der Waals surface area contributed by atoms with Gasteiger partial charge in [0.2, 0.25) is 10.0 Å². The summed E-state index contributed by atoms with van der Waals surface area (Å²) in [6, 6.07) is 3.45. The lowest BCUT2D eigenvalue weighted by Crippen LogP contribution is -2.22. The van der Waals surface area contributed by atoms with Gasteiger partial charge in [-0.1, -0.05) is 6.42 Å². The van der Waals surface area contributed by atoms with Gasteiger partial charge >= 0.3 is 0 Å². The molecule has 2 N–H and O–H groups in total. The third-order valence-electron chi connectivity index (χ3n) is 3.29. The fourth-order valence-corrected chi connectivity index (χ4v) is 2.97. The zero-order valence-corrected chi connectivity index (χ0v) is 11.6. The van der Waals surface area contributed by atoms with Crippen molar-refractivity contribution in [2.45, 2.75) is 43.1 Å². The maximum Gasteiger partial charge on any atom is 0.271 e. The largest absolute Gasteiger partial charge is 0.489 e. The zero-order valence-electron chi connectivity index (χ0n) is 10.8. The van der Waals surface area contributed by atoms with E-state index in [-0.39, 0.29) is 22.4 Å². The first kappa shape index (κ1) is 14.7. The molecule has 0 spiro atoms. The molecule has 0 saturated heterocycles. The molecular formula is C12H16N2O5S. The Labute approximate surface area is 116 Å². The Hall–Kier alpha value is -1.67. The average Bonchev–Trinajstić information content (AvgIpc) is 2.39. The Morgan fingerprint density at radius 3 is 2.45 bits per heavy atom. The van der Waals surface area contributed by atoms with Crippen molar-refractivity contribution < 1.29 is 18.1 Å². The van der Waals surface area contributed by atoms with E-state index in [0.29, 0.717) is 0 Å². The molecule has 20 heavy (non-hydrogen) atoms. The van der Waals surface area contributed by atoms with Crippen molar-refractivity contribution >= 4 is 15.7 Å². The fourth-order valence-electron chi connectivity index (χ4n) is 2.29. The second-order valence-corrected chi connectivity index (χ2v) is 6.34. The standard InChI is InChI=1S/C12H16N2O5S/c13-20(17,18)12-8-9(14(15)16)6-7-11(12)19-10-4-2-1-3-5-10/h6-8,10H,1-5H2,(H2,13,17,18). The minimum atomic E-state index is -4.07. The number of hydrogen-bond acceptors (Lipinski definition) is 5. The number of sulfonamides is 1. The molecule has 110 valence electrons. The molecule has 8 heteroatoms. The second kappa shape index (κ2) is 5.76. The molecule has 0 aromatic heterocycles. The number of nitrogens with zero attached hydrogens (tertiary/aromatic N) is 1. The third-order valence-corrected chi connectivity index (χ3v) is 4.22. The summed E-state index contributed by atoms with van der Waals surface area (Å²) < 4.78 is 28.8. The van der Waals surface area contributed by atoms with Crippen molar-refractivity contribution in [1.29, 1.82) is 0 Å². The van der Waals surface area contributed by atoms with Crippen molar-refractivity contribution in [2.24, 2.45) is 5.14 Å². The first-order valence-corrected chi connectivity index (χ1v) is 7.90. The summed E-state index contributed by atoms with van der Waals surface area (Å²) in [7, 11) is -4.07. The number of rotatable bonds is 4. The molecule has 1 aromatic carbocycles. The van der Waals surface area contributed by atoms with Gasteiger partial charge in [0.15, 0.2) is 0 Å². The smallest absolute Gasteiger partial charge is 0.271 e. The predicted molar refractivity (Wildman–Crippen MR) is 72.0 cm³/mol. The van der Waals surface area contributed by atoms with Gasteiger partial charge in [-0.25, -0.2) is 13.6 Å². The van der Waals surface area contributed by atoms with E-state index in [0.717, 1.165) is 38.2 Å². The number of hydrogen-bond donors (Lipinski definition) is 1. The summed E-state index contributed by atoms with van der Waals surface area (Å²) >= 11 is 0. The second-order valence-electron chi connectivity index (χ2n) is 4.81. The quantitative estimate of drug-likeness (QED) is 0.674. The molecule has 0 heterocycles. The monoisotopic (exact) mass is 300 g/mol. The molecule has 0 bridgehead atoms. The number of nitro groups is 1. The first-order valence-electron chi connectivity index (χ1n) is 6.36. The molecule has 2 rings (SSSR count). The van der Waals surface area contributed by atoms with Gasteiger partial charge in [0.25, 0.3) is 5.69 Å². The van der Waals surface area contributed by atoms with Gasteiger partial charge in [0.1, 0.15) is 10.6 Å². The summed E-state index contributed by atoms with van der Waals surface area (Å²) in [5.74, 6) is 0.0880. The maximum atomic E-state index is 11.5. The van der Waals surface area contributed by atoms with E-state index < -0.39 is 14.9 Å². The number of benzene rings is 1. The number of ether oxygens (including phenoxy) is 1. The topological polar surface area (TPSA) is 113 Å². The normalized spacial score (nSPS) is 16.9. The Kier molecular flexibility index (Phi) is 4.24. The van der Waals surface area contributed by atoms with E-state index in [1.165, 1.54) is 12.1 Å². The lowest BCUT2D eigenvalue weighted by molar-refractivity contribution is -0.385. The molecule has 0 amide bonds. The molecule has 0 aliphatic heterocycles. The van der Waals surface area contributed by atoms with E-state index in [2.05, 4.69) is 0 Å². The van der Waals surface area contributed by atoms with Gasteiger partial charge < -0.3 is 4.74 Å². The van der Waals surface area contributed by atoms with Crippen LogP contribution in [0.1, 0.15) is 32.1 Å². The Balaban J connectivity index is 2.33. The predicted octanol–water partition coefficient (Wildman–Crippen LogP) is 1.95. The van der Waals surface area contributed by atoms with Gasteiger partial charge in [0.05, 0.1) is 11.0 Å². The molecule has 1 saturated carbocycles. The Morgan fingerprint density at radius 1 is 1.25 bits per heavy atom. The van der Waals surface area contributed by atoms with E-state index in [4.69, 9.17) is 9.88 Å². The minimum absolute atomic E-state index is 0.0642. The molecule has 0 atom stereocenters. The van der Waals surface area contributed by atoms with Crippen LogP contribution in [0.4, 0.5) is 5.69 Å². The highest BCUT2D eigenvalue weighted by Gasteiger charge is 2.23. The van der Waals surface area contributed by atoms with E-state index in [9.17, 15) is 18.5 Å². The molecule has 1 aliphatic rings. The fraction of sp³-hybridized carbons (Fsp3) is 0.500. The van der Waals surface area contributed by atoms with E-state index in [1.807, 2.05) is 0 Å². The van der Waals surface area contributed by atoms with Crippen LogP contribution in [0, 0.1) is 10.1 Å². The highest BCUT2D eigenvalue weighted by Crippen LogP contribution is 2.31. The van der Waals surface area contributed by atoms with Crippen LogP contribution in [0.25, 0.3) is 0 Å². The van der Waals surface area contributed by atoms with Crippen LogP contribution in [0.2, 0.25) is 0 Å². The average molecular weight is 300 g/mol. The zero-order chi connectivity index (χ0) is 14.8. The Bertz CT molecular complexity index is 608. The van der Waals surface area contributed by atoms with Crippen LogP contribution in [0.3, 0.4) is 0 Å². The lowest BCUT2D eigenvalue weighted by atomic mass is 9.98. The van der Waals surface area contributed by atoms with Crippen molar-refractivity contribution in [3.8, 4) is 5.75 Å². The van der Waals surface area contributed by atoms with Crippen molar-refractivity contribution in [2.75, 3.05) is 0 Å². The SMILES string of the molecule is NS(=O)(=O)c1cc([N+](=O)[O-])ccc1OC1CCCCC1. The Morgan fingerprint density at radius 2 is 1.90 bits per heavy atom. The summed E-state index contributed by atoms with van der Waals surface area (Å²) in [6.45, 7) is 0. The molecule has 1 fully saturated rings. The minimum Gasteiger partial charge on any atom is -0.489 e. The summed E-state index contributed by atoms with van der Waals surface area (Å²) in [6.07, 6.45) is 4.83. The summed E-state index contributed by atoms with van der Waals surface area (Å²) in [5.41, 5.74) is -0.329. The first-order chi connectivity index (χ1) is 9.38. The number of primary sulfonamides is 1. The molecule has 0 unspecified atom stereocenters. The molecule has 1 aliphatic carbocycles. The van der Waals surface area contributed by atoms with Gasteiger partial charge in [0, 0.05) is 12.1 Å². The van der Waals surface area contributed by atoms with Crippen LogP contribution in [0.5, 0.6) is 5.75 Å². The van der Waals surface area contributed by atoms with Crippen LogP contribution in [-0.2, 0) is 10.0 Å². The summed E-state index contributed by atoms with van der Waals surface area (Å²) in [4.78, 5) is 9.71. The summed E-state index contributed by atoms with van der Waals surface area (Å²) in [5, 5.41) is 15.8. The molecule has 7 nitrogen and oxygen atoms in total. The van der Waals surface area contributed by atoms with Gasteiger partial charge in [-0.3, -0.25) is 10.1 Å². The number of nitro benzene ring substituents is 1. The van der Waals surface area contributed by atoms with E-state index >= 15 is 0 Å². The lowest BCUT2D eigenvalue weighted by Gasteiger charge is -2.23. The van der Waals surface area contributed by atoms with E-state index in [1.54, 1.807) is 0 Å². The number of nitrogens with two attached hydrogens (primary N) is 1. The van der Waals surface area contributed by atoms with Crippen molar-refractivity contribution in [1.82, 2.24) is 0 Å². The maximum absolute atomic E-state index is 11.5. The van der Waals surface area contributed by atoms with Gasteiger partial charge in [-0.15, -0.1) is 0 Å².